The van der Waals surface area contributed by atoms with Gasteiger partial charge in [-0.15, -0.1) is 11.3 Å². The molecule has 4 heteroatoms. The van der Waals surface area contributed by atoms with Crippen molar-refractivity contribution in [3.8, 4) is 5.75 Å². The number of aryl methyl sites for hydroxylation is 2. The van der Waals surface area contributed by atoms with Crippen molar-refractivity contribution in [3.05, 3.63) is 51.2 Å². The first-order valence-electron chi connectivity index (χ1n) is 7.66. The predicted octanol–water partition coefficient (Wildman–Crippen LogP) is 4.47. The van der Waals surface area contributed by atoms with Gasteiger partial charge in [0.15, 0.2) is 0 Å². The normalized spacial score (nSPS) is 10.5. The lowest BCUT2D eigenvalue weighted by Gasteiger charge is -2.08. The Hall–Kier alpha value is -1.81. The Balaban J connectivity index is 1.92. The predicted molar refractivity (Wildman–Crippen MR) is 91.8 cm³/mol. The largest absolute Gasteiger partial charge is 0.489 e. The topological polar surface area (TPSA) is 38.3 Å². The lowest BCUT2D eigenvalue weighted by molar-refractivity contribution is 0.0957. The van der Waals surface area contributed by atoms with Gasteiger partial charge >= 0.3 is 0 Å². The molecule has 0 aliphatic rings. The summed E-state index contributed by atoms with van der Waals surface area (Å²) in [5, 5.41) is 4.92. The summed E-state index contributed by atoms with van der Waals surface area (Å²) in [5.74, 6) is 0.914. The van der Waals surface area contributed by atoms with Crippen LogP contribution in [0.15, 0.2) is 29.6 Å². The maximum atomic E-state index is 12.0. The fraction of sp³-hybridized carbons (Fsp3) is 0.389. The van der Waals surface area contributed by atoms with E-state index >= 15 is 0 Å². The third-order valence-electron chi connectivity index (χ3n) is 3.43. The highest BCUT2D eigenvalue weighted by atomic mass is 32.1. The van der Waals surface area contributed by atoms with E-state index in [0.29, 0.717) is 6.61 Å². The summed E-state index contributed by atoms with van der Waals surface area (Å²) < 4.78 is 5.87. The van der Waals surface area contributed by atoms with Crippen LogP contribution in [0.4, 0.5) is 0 Å². The van der Waals surface area contributed by atoms with E-state index in [4.69, 9.17) is 4.74 Å². The van der Waals surface area contributed by atoms with Gasteiger partial charge in [-0.05, 0) is 48.9 Å². The third kappa shape index (κ3) is 4.60. The monoisotopic (exact) mass is 317 g/mol. The van der Waals surface area contributed by atoms with E-state index in [2.05, 4.69) is 31.3 Å². The lowest BCUT2D eigenvalue weighted by atomic mass is 10.1. The number of amides is 1. The summed E-state index contributed by atoms with van der Waals surface area (Å²) in [4.78, 5) is 12.7. The molecule has 0 saturated carbocycles. The van der Waals surface area contributed by atoms with Gasteiger partial charge in [-0.2, -0.15) is 0 Å². The van der Waals surface area contributed by atoms with Crippen LogP contribution >= 0.6 is 11.3 Å². The van der Waals surface area contributed by atoms with Crippen LogP contribution in [0.25, 0.3) is 0 Å². The van der Waals surface area contributed by atoms with Gasteiger partial charge < -0.3 is 10.1 Å². The van der Waals surface area contributed by atoms with E-state index in [-0.39, 0.29) is 5.91 Å². The highest BCUT2D eigenvalue weighted by Crippen LogP contribution is 2.22. The van der Waals surface area contributed by atoms with Crippen LogP contribution in [0.1, 0.15) is 46.1 Å². The Morgan fingerprint density at radius 2 is 2.09 bits per heavy atom. The average molecular weight is 317 g/mol. The molecule has 1 aromatic heterocycles. The van der Waals surface area contributed by atoms with Crippen LogP contribution < -0.4 is 10.1 Å². The van der Waals surface area contributed by atoms with Gasteiger partial charge in [0.2, 0.25) is 0 Å². The zero-order valence-electron chi connectivity index (χ0n) is 13.4. The molecular formula is C18H23NO2S. The summed E-state index contributed by atoms with van der Waals surface area (Å²) in [6.45, 7) is 7.43. The number of hydrogen-bond donors (Lipinski definition) is 1. The molecule has 0 radical (unpaired) electrons. The molecule has 0 atom stereocenters. The summed E-state index contributed by atoms with van der Waals surface area (Å²) in [5.41, 5.74) is 3.34. The number of carbonyl (C=O) groups excluding carboxylic acids is 1. The number of carbonyl (C=O) groups is 1. The molecule has 0 aliphatic heterocycles. The minimum absolute atomic E-state index is 0.0106. The second-order valence-corrected chi connectivity index (χ2v) is 6.40. The van der Waals surface area contributed by atoms with E-state index in [9.17, 15) is 4.79 Å². The minimum atomic E-state index is 0.0106. The Morgan fingerprint density at radius 1 is 1.27 bits per heavy atom. The van der Waals surface area contributed by atoms with Crippen LogP contribution in [-0.4, -0.2) is 12.5 Å². The summed E-state index contributed by atoms with van der Waals surface area (Å²) in [6.07, 6.45) is 2.10. The van der Waals surface area contributed by atoms with E-state index in [1.54, 1.807) is 0 Å². The Kier molecular flexibility index (Phi) is 6.01. The van der Waals surface area contributed by atoms with Crippen LogP contribution in [0.3, 0.4) is 0 Å². The molecule has 0 spiro atoms. The quantitative estimate of drug-likeness (QED) is 0.765. The molecule has 118 valence electrons. The number of ether oxygens (including phenoxy) is 1. The lowest BCUT2D eigenvalue weighted by Crippen LogP contribution is -2.23. The van der Waals surface area contributed by atoms with Crippen molar-refractivity contribution in [2.75, 3.05) is 6.54 Å². The smallest absolute Gasteiger partial charge is 0.261 e. The highest BCUT2D eigenvalue weighted by molar-refractivity contribution is 7.12. The molecule has 0 unspecified atom stereocenters. The first kappa shape index (κ1) is 16.6. The van der Waals surface area contributed by atoms with Gasteiger partial charge in [-0.25, -0.2) is 0 Å². The minimum Gasteiger partial charge on any atom is -0.489 e. The van der Waals surface area contributed by atoms with Crippen molar-refractivity contribution in [1.29, 1.82) is 0 Å². The molecule has 1 aromatic carbocycles. The van der Waals surface area contributed by atoms with E-state index in [1.807, 2.05) is 24.4 Å². The summed E-state index contributed by atoms with van der Waals surface area (Å²) in [6, 6.07) is 8.09. The van der Waals surface area contributed by atoms with Gasteiger partial charge in [0, 0.05) is 12.1 Å². The molecule has 0 bridgehead atoms. The molecule has 0 fully saturated rings. The molecule has 2 aromatic rings. The highest BCUT2D eigenvalue weighted by Gasteiger charge is 2.09. The standard InChI is InChI=1S/C18H23NO2S/c1-4-5-8-19-18(20)17-10-15(12-22-17)11-21-16-9-13(2)6-7-14(16)3/h6-7,9-10,12H,4-5,8,11H2,1-3H3,(H,19,20). The molecule has 1 heterocycles. The average Bonchev–Trinajstić information content (AvgIpc) is 2.97. The number of rotatable bonds is 7. The van der Waals surface area contributed by atoms with Crippen molar-refractivity contribution < 1.29 is 9.53 Å². The van der Waals surface area contributed by atoms with Crippen LogP contribution in [0.5, 0.6) is 5.75 Å². The van der Waals surface area contributed by atoms with Crippen molar-refractivity contribution >= 4 is 17.2 Å². The number of thiophene rings is 1. The van der Waals surface area contributed by atoms with Crippen molar-refractivity contribution in [2.45, 2.75) is 40.2 Å². The second kappa shape index (κ2) is 7.99. The zero-order chi connectivity index (χ0) is 15.9. The molecule has 1 amide bonds. The van der Waals surface area contributed by atoms with Gasteiger partial charge in [0.1, 0.15) is 12.4 Å². The van der Waals surface area contributed by atoms with E-state index in [0.717, 1.165) is 41.1 Å². The second-order valence-electron chi connectivity index (χ2n) is 5.49. The first-order chi connectivity index (χ1) is 10.6. The van der Waals surface area contributed by atoms with Crippen molar-refractivity contribution in [1.82, 2.24) is 5.32 Å². The number of unbranched alkanes of at least 4 members (excludes halogenated alkanes) is 1. The molecular weight excluding hydrogens is 294 g/mol. The van der Waals surface area contributed by atoms with Crippen molar-refractivity contribution in [2.24, 2.45) is 0 Å². The maximum Gasteiger partial charge on any atom is 0.261 e. The number of hydrogen-bond acceptors (Lipinski definition) is 3. The van der Waals surface area contributed by atoms with Gasteiger partial charge in [0.05, 0.1) is 4.88 Å². The molecule has 0 aliphatic carbocycles. The Bertz CT molecular complexity index is 634. The van der Waals surface area contributed by atoms with Crippen LogP contribution in [-0.2, 0) is 6.61 Å². The SMILES string of the molecule is CCCCNC(=O)c1cc(COc2cc(C)ccc2C)cs1. The summed E-state index contributed by atoms with van der Waals surface area (Å²) >= 11 is 1.47. The van der Waals surface area contributed by atoms with E-state index in [1.165, 1.54) is 16.9 Å². The van der Waals surface area contributed by atoms with Crippen LogP contribution in [0, 0.1) is 13.8 Å². The van der Waals surface area contributed by atoms with Gasteiger partial charge in [-0.1, -0.05) is 25.5 Å². The summed E-state index contributed by atoms with van der Waals surface area (Å²) in [7, 11) is 0. The first-order valence-corrected chi connectivity index (χ1v) is 8.53. The molecule has 22 heavy (non-hydrogen) atoms. The van der Waals surface area contributed by atoms with Crippen LogP contribution in [0.2, 0.25) is 0 Å². The Morgan fingerprint density at radius 3 is 2.86 bits per heavy atom. The fourth-order valence-corrected chi connectivity index (χ4v) is 2.87. The maximum absolute atomic E-state index is 12.0. The Labute approximate surface area is 136 Å². The molecule has 2 rings (SSSR count). The molecule has 3 nitrogen and oxygen atoms in total. The molecule has 0 saturated heterocycles. The number of benzene rings is 1. The fourth-order valence-electron chi connectivity index (χ4n) is 2.06. The number of nitrogens with one attached hydrogen (secondary N) is 1. The van der Waals surface area contributed by atoms with Gasteiger partial charge in [-0.3, -0.25) is 4.79 Å². The molecule has 1 N–H and O–H groups in total. The van der Waals surface area contributed by atoms with E-state index < -0.39 is 0 Å². The third-order valence-corrected chi connectivity index (χ3v) is 4.41. The van der Waals surface area contributed by atoms with Crippen molar-refractivity contribution in [3.63, 3.8) is 0 Å². The van der Waals surface area contributed by atoms with Gasteiger partial charge in [0.25, 0.3) is 5.91 Å². The zero-order valence-corrected chi connectivity index (χ0v) is 14.3.